The first-order valence-corrected chi connectivity index (χ1v) is 15.6. The second kappa shape index (κ2) is 13.7. The summed E-state index contributed by atoms with van der Waals surface area (Å²) < 4.78 is 36.6. The molecule has 0 bridgehead atoms. The maximum atomic E-state index is 12.9. The van der Waals surface area contributed by atoms with Gasteiger partial charge in [0.1, 0.15) is 12.2 Å². The number of fused-ring (bicyclic) bond motifs is 3. The molecule has 0 spiro atoms. The number of hydrogen-bond acceptors (Lipinski definition) is 6. The number of sulfone groups is 1. The number of amides is 2. The van der Waals surface area contributed by atoms with Crippen LogP contribution in [0.25, 0.3) is 11.1 Å². The van der Waals surface area contributed by atoms with Crippen LogP contribution in [0.4, 0.5) is 9.59 Å². The summed E-state index contributed by atoms with van der Waals surface area (Å²) in [5, 5.41) is 6.65. The Balaban J connectivity index is 1.38. The molecular weight excluding hydrogens is 552 g/mol. The van der Waals surface area contributed by atoms with Gasteiger partial charge in [-0.1, -0.05) is 72.8 Å². The molecule has 0 saturated carbocycles. The van der Waals surface area contributed by atoms with Gasteiger partial charge < -0.3 is 20.1 Å². The predicted molar refractivity (Wildman–Crippen MR) is 163 cm³/mol. The second-order valence-corrected chi connectivity index (χ2v) is 13.0. The zero-order valence-corrected chi connectivity index (χ0v) is 25.0. The Labute approximate surface area is 248 Å². The van der Waals surface area contributed by atoms with Gasteiger partial charge >= 0.3 is 12.2 Å². The van der Waals surface area contributed by atoms with Crippen molar-refractivity contribution in [3.05, 3.63) is 101 Å². The Kier molecular flexibility index (Phi) is 10.1. The largest absolute Gasteiger partial charge is 0.449 e. The molecule has 0 unspecified atom stereocenters. The SMILES string of the molecule is CC(C)(C)OC(=O)NCCCC[C@@H](/C=C/S(=O)(=O)c1ccccc1)NC(=O)OCC1c2ccccc2-c2ccccc21. The van der Waals surface area contributed by atoms with Crippen molar-refractivity contribution in [1.82, 2.24) is 10.6 Å². The monoisotopic (exact) mass is 590 g/mol. The number of carbonyl (C=O) groups excluding carboxylic acids is 2. The maximum Gasteiger partial charge on any atom is 0.407 e. The predicted octanol–water partition coefficient (Wildman–Crippen LogP) is 6.58. The molecule has 0 saturated heterocycles. The molecule has 1 atom stereocenters. The number of alkyl carbamates (subject to hydrolysis) is 2. The number of carbonyl (C=O) groups is 2. The standard InChI is InChI=1S/C33H38N2O6S/c1-33(2,3)41-31(36)34-21-12-11-13-24(20-22-42(38,39)25-14-5-4-6-15-25)35-32(37)40-23-30-28-18-9-7-16-26(28)27-17-8-10-19-29(27)30/h4-10,14-20,22,24,30H,11-13,21,23H2,1-3H3,(H,34,36)(H,35,37)/b22-20+/t24-/m0/s1. The van der Waals surface area contributed by atoms with E-state index in [0.717, 1.165) is 27.7 Å². The third-order valence-corrected chi connectivity index (χ3v) is 8.26. The van der Waals surface area contributed by atoms with Gasteiger partial charge in [0, 0.05) is 17.9 Å². The molecule has 3 aromatic rings. The van der Waals surface area contributed by atoms with Gasteiger partial charge in [-0.05, 0) is 74.4 Å². The Morgan fingerprint density at radius 3 is 2.07 bits per heavy atom. The smallest absolute Gasteiger partial charge is 0.407 e. The minimum atomic E-state index is -3.69. The van der Waals surface area contributed by atoms with Crippen LogP contribution in [-0.4, -0.2) is 45.4 Å². The van der Waals surface area contributed by atoms with Gasteiger partial charge in [0.25, 0.3) is 0 Å². The van der Waals surface area contributed by atoms with Crippen LogP contribution in [0.15, 0.2) is 95.2 Å². The fraction of sp³-hybridized carbons (Fsp3) is 0.333. The van der Waals surface area contributed by atoms with Gasteiger partial charge in [0.15, 0.2) is 9.84 Å². The second-order valence-electron chi connectivity index (χ2n) is 11.2. The number of benzene rings is 3. The van der Waals surface area contributed by atoms with Crippen LogP contribution in [0.2, 0.25) is 0 Å². The number of unbranched alkanes of at least 4 members (excludes halogenated alkanes) is 1. The average molecular weight is 591 g/mol. The minimum absolute atomic E-state index is 0.0884. The summed E-state index contributed by atoms with van der Waals surface area (Å²) in [6.45, 7) is 5.92. The van der Waals surface area contributed by atoms with Gasteiger partial charge in [-0.3, -0.25) is 0 Å². The van der Waals surface area contributed by atoms with Crippen molar-refractivity contribution in [3.8, 4) is 11.1 Å². The van der Waals surface area contributed by atoms with E-state index in [1.165, 1.54) is 18.2 Å². The number of rotatable bonds is 11. The fourth-order valence-electron chi connectivity index (χ4n) is 4.89. The van der Waals surface area contributed by atoms with Crippen LogP contribution >= 0.6 is 0 Å². The Morgan fingerprint density at radius 2 is 1.45 bits per heavy atom. The van der Waals surface area contributed by atoms with Gasteiger partial charge in [-0.25, -0.2) is 18.0 Å². The van der Waals surface area contributed by atoms with Gasteiger partial charge in [-0.2, -0.15) is 0 Å². The molecular formula is C33H38N2O6S. The first-order chi connectivity index (χ1) is 20.0. The molecule has 42 heavy (non-hydrogen) atoms. The average Bonchev–Trinajstić information content (AvgIpc) is 3.27. The Bertz CT molecular complexity index is 1470. The molecule has 8 nitrogen and oxygen atoms in total. The third-order valence-electron chi connectivity index (χ3n) is 6.82. The van der Waals surface area contributed by atoms with E-state index in [0.29, 0.717) is 25.8 Å². The van der Waals surface area contributed by atoms with Crippen LogP contribution in [0.1, 0.15) is 57.1 Å². The Hall–Kier alpha value is -4.11. The zero-order valence-electron chi connectivity index (χ0n) is 24.2. The molecule has 3 aromatic carbocycles. The molecule has 0 heterocycles. The molecule has 222 valence electrons. The summed E-state index contributed by atoms with van der Waals surface area (Å²) in [4.78, 5) is 25.0. The number of ether oxygens (including phenoxy) is 2. The lowest BCUT2D eigenvalue weighted by molar-refractivity contribution is 0.0527. The highest BCUT2D eigenvalue weighted by molar-refractivity contribution is 7.94. The Morgan fingerprint density at radius 1 is 0.857 bits per heavy atom. The molecule has 0 aliphatic heterocycles. The highest BCUT2D eigenvalue weighted by atomic mass is 32.2. The van der Waals surface area contributed by atoms with E-state index in [-0.39, 0.29) is 17.4 Å². The van der Waals surface area contributed by atoms with Gasteiger partial charge in [0.05, 0.1) is 10.9 Å². The molecule has 0 radical (unpaired) electrons. The van der Waals surface area contributed by atoms with Crippen molar-refractivity contribution < 1.29 is 27.5 Å². The lowest BCUT2D eigenvalue weighted by atomic mass is 9.98. The lowest BCUT2D eigenvalue weighted by Gasteiger charge is -2.20. The van der Waals surface area contributed by atoms with E-state index >= 15 is 0 Å². The van der Waals surface area contributed by atoms with E-state index in [2.05, 4.69) is 22.8 Å². The molecule has 0 fully saturated rings. The number of hydrogen-bond donors (Lipinski definition) is 2. The molecule has 0 aromatic heterocycles. The first-order valence-electron chi connectivity index (χ1n) is 14.1. The third kappa shape index (κ3) is 8.45. The van der Waals surface area contributed by atoms with E-state index < -0.39 is 33.7 Å². The van der Waals surface area contributed by atoms with E-state index in [1.807, 2.05) is 36.4 Å². The topological polar surface area (TPSA) is 111 Å². The highest BCUT2D eigenvalue weighted by Crippen LogP contribution is 2.44. The van der Waals surface area contributed by atoms with Gasteiger partial charge in [-0.15, -0.1) is 0 Å². The van der Waals surface area contributed by atoms with E-state index in [9.17, 15) is 18.0 Å². The molecule has 1 aliphatic carbocycles. The summed E-state index contributed by atoms with van der Waals surface area (Å²) in [5.74, 6) is -0.0884. The van der Waals surface area contributed by atoms with Gasteiger partial charge in [0.2, 0.25) is 0 Å². The van der Waals surface area contributed by atoms with E-state index in [1.54, 1.807) is 39.0 Å². The maximum absolute atomic E-state index is 12.9. The highest BCUT2D eigenvalue weighted by Gasteiger charge is 2.29. The fourth-order valence-corrected chi connectivity index (χ4v) is 5.98. The normalized spacial score (nSPS) is 13.7. The molecule has 4 rings (SSSR count). The van der Waals surface area contributed by atoms with Crippen LogP contribution in [0.3, 0.4) is 0 Å². The van der Waals surface area contributed by atoms with Crippen molar-refractivity contribution in [1.29, 1.82) is 0 Å². The molecule has 1 aliphatic rings. The zero-order chi connectivity index (χ0) is 30.2. The van der Waals surface area contributed by atoms with Crippen molar-refractivity contribution in [2.75, 3.05) is 13.2 Å². The molecule has 2 N–H and O–H groups in total. The van der Waals surface area contributed by atoms with Crippen molar-refractivity contribution in [2.24, 2.45) is 0 Å². The summed E-state index contributed by atoms with van der Waals surface area (Å²) in [7, 11) is -3.69. The number of nitrogens with one attached hydrogen (secondary N) is 2. The minimum Gasteiger partial charge on any atom is -0.449 e. The summed E-state index contributed by atoms with van der Waals surface area (Å²) in [6.07, 6.45) is 2.02. The summed E-state index contributed by atoms with van der Waals surface area (Å²) in [5.41, 5.74) is 3.89. The van der Waals surface area contributed by atoms with Crippen LogP contribution in [-0.2, 0) is 19.3 Å². The van der Waals surface area contributed by atoms with Crippen molar-refractivity contribution >= 4 is 22.0 Å². The quantitative estimate of drug-likeness (QED) is 0.244. The van der Waals surface area contributed by atoms with Crippen molar-refractivity contribution in [3.63, 3.8) is 0 Å². The molecule has 9 heteroatoms. The van der Waals surface area contributed by atoms with E-state index in [4.69, 9.17) is 9.47 Å². The van der Waals surface area contributed by atoms with Crippen LogP contribution in [0, 0.1) is 0 Å². The van der Waals surface area contributed by atoms with Crippen LogP contribution < -0.4 is 10.6 Å². The summed E-state index contributed by atoms with van der Waals surface area (Å²) in [6, 6.07) is 23.7. The lowest BCUT2D eigenvalue weighted by Crippen LogP contribution is -2.35. The summed E-state index contributed by atoms with van der Waals surface area (Å²) >= 11 is 0. The molecule has 2 amide bonds. The first kappa shape index (κ1) is 30.8. The van der Waals surface area contributed by atoms with Crippen molar-refractivity contribution in [2.45, 2.75) is 62.5 Å². The van der Waals surface area contributed by atoms with Crippen LogP contribution in [0.5, 0.6) is 0 Å².